The standard InChI is InChI=1S/C9H8N2O/c12-9-5-1-4-8-7(9)3-2-6-10-11-8/h1-6,11-12H. The van der Waals surface area contributed by atoms with Gasteiger partial charge >= 0.3 is 0 Å². The number of anilines is 1. The predicted octanol–water partition coefficient (Wildman–Crippen LogP) is 1.82. The number of nitrogens with one attached hydrogen (secondary N) is 1. The molecule has 1 aromatic rings. The summed E-state index contributed by atoms with van der Waals surface area (Å²) in [5.41, 5.74) is 4.41. The average Bonchev–Trinajstić information content (AvgIpc) is 2.30. The first-order valence-corrected chi connectivity index (χ1v) is 3.65. The van der Waals surface area contributed by atoms with Gasteiger partial charge in [0, 0.05) is 11.8 Å². The lowest BCUT2D eigenvalue weighted by Gasteiger charge is -2.04. The summed E-state index contributed by atoms with van der Waals surface area (Å²) in [6.45, 7) is 0. The number of aromatic hydroxyl groups is 1. The fraction of sp³-hybridized carbons (Fsp3) is 0. The summed E-state index contributed by atoms with van der Waals surface area (Å²) in [7, 11) is 0. The zero-order valence-electron chi connectivity index (χ0n) is 6.36. The average molecular weight is 160 g/mol. The third kappa shape index (κ3) is 1.05. The van der Waals surface area contributed by atoms with Crippen molar-refractivity contribution >= 4 is 18.0 Å². The van der Waals surface area contributed by atoms with Crippen LogP contribution in [0.5, 0.6) is 5.75 Å². The van der Waals surface area contributed by atoms with Gasteiger partial charge in [-0.15, -0.1) is 0 Å². The molecule has 1 aliphatic heterocycles. The van der Waals surface area contributed by atoms with E-state index in [-0.39, 0.29) is 5.75 Å². The van der Waals surface area contributed by atoms with Gasteiger partial charge in [0.05, 0.1) is 5.69 Å². The molecule has 2 rings (SSSR count). The van der Waals surface area contributed by atoms with Crippen LogP contribution in [0.15, 0.2) is 29.4 Å². The Morgan fingerprint density at radius 2 is 2.25 bits per heavy atom. The van der Waals surface area contributed by atoms with E-state index in [1.807, 2.05) is 12.1 Å². The molecule has 0 fully saturated rings. The summed E-state index contributed by atoms with van der Waals surface area (Å²) in [6.07, 6.45) is 5.23. The molecule has 12 heavy (non-hydrogen) atoms. The quantitative estimate of drug-likeness (QED) is 0.608. The van der Waals surface area contributed by atoms with Crippen LogP contribution in [0, 0.1) is 0 Å². The number of allylic oxidation sites excluding steroid dienone is 1. The zero-order chi connectivity index (χ0) is 8.39. The second kappa shape index (κ2) is 2.70. The van der Waals surface area contributed by atoms with Crippen molar-refractivity contribution in [1.82, 2.24) is 0 Å². The number of rotatable bonds is 0. The van der Waals surface area contributed by atoms with Gasteiger partial charge in [-0.2, -0.15) is 5.10 Å². The van der Waals surface area contributed by atoms with Gasteiger partial charge < -0.3 is 5.11 Å². The molecule has 1 aromatic carbocycles. The first kappa shape index (κ1) is 6.91. The Labute approximate surface area is 70.0 Å². The minimum atomic E-state index is 0.266. The topological polar surface area (TPSA) is 44.6 Å². The van der Waals surface area contributed by atoms with Crippen molar-refractivity contribution in [2.45, 2.75) is 0 Å². The molecule has 0 amide bonds. The van der Waals surface area contributed by atoms with E-state index in [4.69, 9.17) is 0 Å². The van der Waals surface area contributed by atoms with Gasteiger partial charge in [0.25, 0.3) is 0 Å². The van der Waals surface area contributed by atoms with E-state index >= 15 is 0 Å². The van der Waals surface area contributed by atoms with E-state index in [0.29, 0.717) is 0 Å². The summed E-state index contributed by atoms with van der Waals surface area (Å²) in [5, 5.41) is 13.3. The predicted molar refractivity (Wildman–Crippen MR) is 49.3 cm³/mol. The lowest BCUT2D eigenvalue weighted by atomic mass is 10.1. The summed E-state index contributed by atoms with van der Waals surface area (Å²) in [5.74, 6) is 0.266. The Morgan fingerprint density at radius 3 is 3.17 bits per heavy atom. The Morgan fingerprint density at radius 1 is 1.33 bits per heavy atom. The molecule has 0 radical (unpaired) electrons. The molecule has 60 valence electrons. The molecule has 0 aromatic heterocycles. The highest BCUT2D eigenvalue weighted by Gasteiger charge is 2.03. The SMILES string of the molecule is Oc1cccc2c1C=CC=NN2. The van der Waals surface area contributed by atoms with Gasteiger partial charge in [0.15, 0.2) is 0 Å². The number of hydrogen-bond donors (Lipinski definition) is 2. The number of phenolic OH excluding ortho intramolecular Hbond substituents is 1. The fourth-order valence-electron chi connectivity index (χ4n) is 1.11. The fourth-order valence-corrected chi connectivity index (χ4v) is 1.11. The number of hydrazone groups is 1. The molecular formula is C9H8N2O. The second-order valence-corrected chi connectivity index (χ2v) is 2.49. The van der Waals surface area contributed by atoms with Gasteiger partial charge in [-0.05, 0) is 24.3 Å². The van der Waals surface area contributed by atoms with Gasteiger partial charge in [-0.3, -0.25) is 5.43 Å². The second-order valence-electron chi connectivity index (χ2n) is 2.49. The summed E-state index contributed by atoms with van der Waals surface area (Å²) in [6, 6.07) is 5.29. The van der Waals surface area contributed by atoms with E-state index in [1.165, 1.54) is 0 Å². The Kier molecular flexibility index (Phi) is 1.55. The molecule has 1 aliphatic rings. The smallest absolute Gasteiger partial charge is 0.124 e. The summed E-state index contributed by atoms with van der Waals surface area (Å²) >= 11 is 0. The zero-order valence-corrected chi connectivity index (χ0v) is 6.36. The molecule has 3 heteroatoms. The van der Waals surface area contributed by atoms with Crippen LogP contribution in [0.3, 0.4) is 0 Å². The van der Waals surface area contributed by atoms with Crippen molar-refractivity contribution in [1.29, 1.82) is 0 Å². The molecule has 0 saturated heterocycles. The molecule has 0 saturated carbocycles. The van der Waals surface area contributed by atoms with Crippen molar-refractivity contribution in [2.24, 2.45) is 5.10 Å². The van der Waals surface area contributed by atoms with Crippen LogP contribution < -0.4 is 5.43 Å². The highest BCUT2D eigenvalue weighted by Crippen LogP contribution is 2.27. The van der Waals surface area contributed by atoms with E-state index in [1.54, 1.807) is 24.4 Å². The Bertz CT molecular complexity index is 356. The normalized spacial score (nSPS) is 13.3. The van der Waals surface area contributed by atoms with Crippen molar-refractivity contribution in [3.8, 4) is 5.75 Å². The molecule has 2 N–H and O–H groups in total. The van der Waals surface area contributed by atoms with Gasteiger partial charge in [-0.1, -0.05) is 6.07 Å². The number of nitrogens with zero attached hydrogens (tertiary/aromatic N) is 1. The molecule has 0 spiro atoms. The van der Waals surface area contributed by atoms with E-state index in [9.17, 15) is 5.11 Å². The third-order valence-electron chi connectivity index (χ3n) is 1.69. The highest BCUT2D eigenvalue weighted by molar-refractivity contribution is 5.85. The van der Waals surface area contributed by atoms with Gasteiger partial charge in [0.1, 0.15) is 5.75 Å². The van der Waals surface area contributed by atoms with E-state index in [2.05, 4.69) is 10.5 Å². The third-order valence-corrected chi connectivity index (χ3v) is 1.69. The monoisotopic (exact) mass is 160 g/mol. The molecule has 0 aliphatic carbocycles. The summed E-state index contributed by atoms with van der Waals surface area (Å²) in [4.78, 5) is 0. The van der Waals surface area contributed by atoms with Crippen molar-refractivity contribution < 1.29 is 5.11 Å². The maximum absolute atomic E-state index is 9.43. The van der Waals surface area contributed by atoms with Crippen LogP contribution in [0.25, 0.3) is 6.08 Å². The largest absolute Gasteiger partial charge is 0.507 e. The Balaban J connectivity index is 2.59. The van der Waals surface area contributed by atoms with Crippen molar-refractivity contribution in [2.75, 3.05) is 5.43 Å². The molecule has 0 atom stereocenters. The van der Waals surface area contributed by atoms with Crippen LogP contribution in [0.1, 0.15) is 5.56 Å². The summed E-state index contributed by atoms with van der Waals surface area (Å²) < 4.78 is 0. The van der Waals surface area contributed by atoms with Crippen LogP contribution in [0.4, 0.5) is 5.69 Å². The van der Waals surface area contributed by atoms with Crippen LogP contribution >= 0.6 is 0 Å². The molecule has 0 unspecified atom stereocenters. The van der Waals surface area contributed by atoms with Crippen LogP contribution in [-0.4, -0.2) is 11.3 Å². The maximum atomic E-state index is 9.43. The number of benzene rings is 1. The van der Waals surface area contributed by atoms with Crippen LogP contribution in [0.2, 0.25) is 0 Å². The maximum Gasteiger partial charge on any atom is 0.124 e. The minimum absolute atomic E-state index is 0.266. The minimum Gasteiger partial charge on any atom is -0.507 e. The lowest BCUT2D eigenvalue weighted by Crippen LogP contribution is -1.88. The highest BCUT2D eigenvalue weighted by atomic mass is 16.3. The van der Waals surface area contributed by atoms with Crippen molar-refractivity contribution in [3.63, 3.8) is 0 Å². The first-order valence-electron chi connectivity index (χ1n) is 3.65. The van der Waals surface area contributed by atoms with Gasteiger partial charge in [0.2, 0.25) is 0 Å². The van der Waals surface area contributed by atoms with Gasteiger partial charge in [-0.25, -0.2) is 0 Å². The molecule has 3 nitrogen and oxygen atoms in total. The van der Waals surface area contributed by atoms with E-state index < -0.39 is 0 Å². The van der Waals surface area contributed by atoms with E-state index in [0.717, 1.165) is 11.3 Å². The van der Waals surface area contributed by atoms with Crippen LogP contribution in [-0.2, 0) is 0 Å². The molecule has 1 heterocycles. The number of hydrogen-bond acceptors (Lipinski definition) is 3. The number of phenols is 1. The first-order chi connectivity index (χ1) is 5.88. The Hall–Kier alpha value is -1.77. The van der Waals surface area contributed by atoms with Crippen molar-refractivity contribution in [3.05, 3.63) is 29.8 Å². The molecule has 0 bridgehead atoms. The lowest BCUT2D eigenvalue weighted by molar-refractivity contribution is 0.474. The molecular weight excluding hydrogens is 152 g/mol. The number of fused-ring (bicyclic) bond motifs is 1.